The lowest BCUT2D eigenvalue weighted by molar-refractivity contribution is 0.264. The van der Waals surface area contributed by atoms with E-state index in [-0.39, 0.29) is 11.9 Å². The van der Waals surface area contributed by atoms with Gasteiger partial charge < -0.3 is 4.90 Å². The van der Waals surface area contributed by atoms with E-state index >= 15 is 0 Å². The monoisotopic (exact) mass is 408 g/mol. The molecule has 0 spiro atoms. The van der Waals surface area contributed by atoms with E-state index in [4.69, 9.17) is 23.8 Å². The minimum Gasteiger partial charge on any atom is -0.349 e. The topological polar surface area (TPSA) is 6.48 Å². The van der Waals surface area contributed by atoms with E-state index in [1.807, 2.05) is 24.8 Å². The minimum absolute atomic E-state index is 0.185. The van der Waals surface area contributed by atoms with Gasteiger partial charge in [0.05, 0.1) is 11.7 Å². The number of rotatable bonds is 3. The van der Waals surface area contributed by atoms with Crippen LogP contribution < -0.4 is 4.90 Å². The number of anilines is 1. The summed E-state index contributed by atoms with van der Waals surface area (Å²) < 4.78 is 14.8. The molecule has 2 heterocycles. The second-order valence-electron chi connectivity index (χ2n) is 7.54. The first-order chi connectivity index (χ1) is 13.1. The second kappa shape index (κ2) is 8.91. The average molecular weight is 409 g/mol. The third-order valence-corrected chi connectivity index (χ3v) is 6.74. The molecule has 3 aliphatic rings. The van der Waals surface area contributed by atoms with Crippen LogP contribution in [0.4, 0.5) is 10.1 Å². The number of piperidine rings is 1. The van der Waals surface area contributed by atoms with Crippen molar-refractivity contribution in [2.75, 3.05) is 11.4 Å². The maximum atomic E-state index is 14.8. The van der Waals surface area contributed by atoms with Gasteiger partial charge in [0.2, 0.25) is 0 Å². The van der Waals surface area contributed by atoms with E-state index in [9.17, 15) is 4.39 Å². The van der Waals surface area contributed by atoms with Crippen LogP contribution in [0, 0.1) is 11.7 Å². The minimum atomic E-state index is -0.316. The van der Waals surface area contributed by atoms with Crippen molar-refractivity contribution >= 4 is 34.5 Å². The number of hydrogen-bond donors (Lipinski definition) is 0. The van der Waals surface area contributed by atoms with Crippen LogP contribution in [-0.2, 0) is 6.42 Å². The van der Waals surface area contributed by atoms with E-state index in [2.05, 4.69) is 11.5 Å². The number of thiocarbonyl (C=S) groups is 1. The molecule has 1 unspecified atom stereocenters. The van der Waals surface area contributed by atoms with Crippen molar-refractivity contribution in [3.63, 3.8) is 0 Å². The summed E-state index contributed by atoms with van der Waals surface area (Å²) in [4.78, 5) is 4.85. The summed E-state index contributed by atoms with van der Waals surface area (Å²) >= 11 is 12.1. The SMILES string of the molecule is C=C1N(c2cc(CC3CCCC3)c(Cl)cc2F)C(=S)C2CCCCN12.CC. The van der Waals surface area contributed by atoms with E-state index in [0.717, 1.165) is 42.2 Å². The van der Waals surface area contributed by atoms with Gasteiger partial charge in [0.15, 0.2) is 0 Å². The Morgan fingerprint density at radius 3 is 2.48 bits per heavy atom. The van der Waals surface area contributed by atoms with Gasteiger partial charge in [-0.25, -0.2) is 4.39 Å². The van der Waals surface area contributed by atoms with Crippen molar-refractivity contribution in [2.45, 2.75) is 71.3 Å². The molecule has 1 aliphatic carbocycles. The Morgan fingerprint density at radius 1 is 1.15 bits per heavy atom. The molecule has 2 saturated heterocycles. The number of halogens is 2. The third-order valence-electron chi connectivity index (χ3n) is 5.94. The Bertz CT molecular complexity index is 691. The van der Waals surface area contributed by atoms with Crippen LogP contribution in [0.1, 0.15) is 64.4 Å². The summed E-state index contributed by atoms with van der Waals surface area (Å²) in [5.41, 5.74) is 1.55. The largest absolute Gasteiger partial charge is 0.349 e. The van der Waals surface area contributed by atoms with Crippen LogP contribution in [0.5, 0.6) is 0 Å². The first-order valence-corrected chi connectivity index (χ1v) is 11.1. The van der Waals surface area contributed by atoms with Gasteiger partial charge in [0.1, 0.15) is 16.6 Å². The molecule has 1 atom stereocenters. The predicted molar refractivity (Wildman–Crippen MR) is 117 cm³/mol. The Labute approximate surface area is 173 Å². The van der Waals surface area contributed by atoms with Crippen molar-refractivity contribution in [3.05, 3.63) is 40.9 Å². The fourth-order valence-corrected chi connectivity index (χ4v) is 5.27. The van der Waals surface area contributed by atoms with Crippen molar-refractivity contribution in [2.24, 2.45) is 5.92 Å². The van der Waals surface area contributed by atoms with Gasteiger partial charge in [-0.1, -0.05) is 69.9 Å². The van der Waals surface area contributed by atoms with Gasteiger partial charge in [-0.2, -0.15) is 0 Å². The highest BCUT2D eigenvalue weighted by molar-refractivity contribution is 7.80. The van der Waals surface area contributed by atoms with E-state index < -0.39 is 0 Å². The van der Waals surface area contributed by atoms with E-state index in [0.29, 0.717) is 16.6 Å². The van der Waals surface area contributed by atoms with Gasteiger partial charge >= 0.3 is 0 Å². The van der Waals surface area contributed by atoms with Crippen molar-refractivity contribution in [3.8, 4) is 0 Å². The molecule has 148 valence electrons. The summed E-state index contributed by atoms with van der Waals surface area (Å²) in [5, 5.41) is 0.529. The molecule has 2 nitrogen and oxygen atoms in total. The highest BCUT2D eigenvalue weighted by atomic mass is 35.5. The van der Waals surface area contributed by atoms with E-state index in [1.165, 1.54) is 38.2 Å². The number of fused-ring (bicyclic) bond motifs is 1. The molecule has 1 aromatic carbocycles. The quantitative estimate of drug-likeness (QED) is 0.513. The molecule has 1 aromatic rings. The summed E-state index contributed by atoms with van der Waals surface area (Å²) in [7, 11) is 0. The highest BCUT2D eigenvalue weighted by Crippen LogP contribution is 2.39. The zero-order valence-electron chi connectivity index (χ0n) is 16.4. The van der Waals surface area contributed by atoms with E-state index in [1.54, 1.807) is 0 Å². The standard InChI is InChI=1S/C20H24ClFN2S.C2H6/c1-13-23-9-5-4-8-18(23)20(25)24(13)19-11-15(16(21)12-17(19)22)10-14-6-2-3-7-14;1-2/h11-12,14,18H,1-10H2;1-2H3. The molecule has 5 heteroatoms. The van der Waals surface area contributed by atoms with Gasteiger partial charge in [-0.3, -0.25) is 4.90 Å². The molecular formula is C22H30ClFN2S. The summed E-state index contributed by atoms with van der Waals surface area (Å²) in [6.45, 7) is 9.16. The molecule has 0 N–H and O–H groups in total. The third kappa shape index (κ3) is 4.02. The molecule has 2 aliphatic heterocycles. The Hall–Kier alpha value is -1.13. The first-order valence-electron chi connectivity index (χ1n) is 10.3. The fourth-order valence-electron chi connectivity index (χ4n) is 4.59. The lowest BCUT2D eigenvalue weighted by atomic mass is 9.97. The Morgan fingerprint density at radius 2 is 1.81 bits per heavy atom. The van der Waals surface area contributed by atoms with Crippen molar-refractivity contribution in [1.82, 2.24) is 4.90 Å². The average Bonchev–Trinajstić information content (AvgIpc) is 3.27. The van der Waals surface area contributed by atoms with Gasteiger partial charge in [-0.05, 0) is 49.3 Å². The second-order valence-corrected chi connectivity index (χ2v) is 8.37. The van der Waals surface area contributed by atoms with Crippen LogP contribution in [0.15, 0.2) is 24.5 Å². The number of nitrogens with zero attached hydrogens (tertiary/aromatic N) is 2. The van der Waals surface area contributed by atoms with Crippen LogP contribution in [0.2, 0.25) is 5.02 Å². The predicted octanol–water partition coefficient (Wildman–Crippen LogP) is 6.71. The Balaban J connectivity index is 0.00000102. The molecule has 4 rings (SSSR count). The molecule has 0 bridgehead atoms. The van der Waals surface area contributed by atoms with Crippen LogP contribution in [0.25, 0.3) is 0 Å². The van der Waals surface area contributed by atoms with Crippen molar-refractivity contribution < 1.29 is 4.39 Å². The summed E-state index contributed by atoms with van der Waals surface area (Å²) in [5.74, 6) is 1.15. The van der Waals surface area contributed by atoms with Gasteiger partial charge in [0.25, 0.3) is 0 Å². The molecule has 0 amide bonds. The normalized spacial score (nSPS) is 22.7. The molecular weight excluding hydrogens is 379 g/mol. The van der Waals surface area contributed by atoms with Crippen LogP contribution in [0.3, 0.4) is 0 Å². The molecule has 0 radical (unpaired) electrons. The van der Waals surface area contributed by atoms with Crippen LogP contribution >= 0.6 is 23.8 Å². The van der Waals surface area contributed by atoms with Gasteiger partial charge in [0, 0.05) is 11.6 Å². The lowest BCUT2D eigenvalue weighted by Gasteiger charge is -2.29. The fraction of sp³-hybridized carbons (Fsp3) is 0.591. The zero-order chi connectivity index (χ0) is 19.6. The maximum absolute atomic E-state index is 14.8. The molecule has 3 fully saturated rings. The molecule has 0 aromatic heterocycles. The summed E-state index contributed by atoms with van der Waals surface area (Å²) in [6, 6.07) is 3.55. The molecule has 1 saturated carbocycles. The molecule has 27 heavy (non-hydrogen) atoms. The lowest BCUT2D eigenvalue weighted by Crippen LogP contribution is -2.36. The summed E-state index contributed by atoms with van der Waals surface area (Å²) in [6.07, 6.45) is 9.33. The number of benzene rings is 1. The van der Waals surface area contributed by atoms with Crippen molar-refractivity contribution in [1.29, 1.82) is 0 Å². The smallest absolute Gasteiger partial charge is 0.148 e. The zero-order valence-corrected chi connectivity index (χ0v) is 18.0. The maximum Gasteiger partial charge on any atom is 0.148 e. The Kier molecular flexibility index (Phi) is 6.80. The first kappa shape index (κ1) is 20.6. The number of hydrogen-bond acceptors (Lipinski definition) is 2. The highest BCUT2D eigenvalue weighted by Gasteiger charge is 2.40. The van der Waals surface area contributed by atoms with Gasteiger partial charge in [-0.15, -0.1) is 0 Å². The van der Waals surface area contributed by atoms with Crippen LogP contribution in [-0.4, -0.2) is 22.5 Å².